The van der Waals surface area contributed by atoms with E-state index in [4.69, 9.17) is 9.15 Å². The Labute approximate surface area is 167 Å². The van der Waals surface area contributed by atoms with Gasteiger partial charge in [-0.15, -0.1) is 0 Å². The Hall–Kier alpha value is -3.61. The summed E-state index contributed by atoms with van der Waals surface area (Å²) in [4.78, 5) is 35.8. The van der Waals surface area contributed by atoms with Gasteiger partial charge in [-0.25, -0.2) is 4.79 Å². The van der Waals surface area contributed by atoms with Crippen molar-refractivity contribution in [2.45, 2.75) is 26.9 Å². The Morgan fingerprint density at radius 3 is 2.48 bits per heavy atom. The molecule has 0 saturated carbocycles. The number of carbonyl (C=O) groups excluding carboxylic acids is 2. The van der Waals surface area contributed by atoms with Crippen molar-refractivity contribution in [3.63, 3.8) is 0 Å². The van der Waals surface area contributed by atoms with Crippen LogP contribution in [-0.2, 0) is 9.59 Å². The van der Waals surface area contributed by atoms with E-state index in [9.17, 15) is 14.4 Å². The van der Waals surface area contributed by atoms with Gasteiger partial charge in [0.25, 0.3) is 5.91 Å². The summed E-state index contributed by atoms with van der Waals surface area (Å²) >= 11 is 0. The van der Waals surface area contributed by atoms with Crippen molar-refractivity contribution in [2.75, 3.05) is 11.9 Å². The normalized spacial score (nSPS) is 11.7. The van der Waals surface area contributed by atoms with Crippen molar-refractivity contribution in [3.8, 4) is 5.75 Å². The van der Waals surface area contributed by atoms with E-state index in [1.54, 1.807) is 31.2 Å². The van der Waals surface area contributed by atoms with Gasteiger partial charge in [0.05, 0.1) is 6.54 Å². The molecular formula is C22H22N2O5. The predicted octanol–water partition coefficient (Wildman–Crippen LogP) is 2.93. The molecule has 0 radical (unpaired) electrons. The second-order valence-electron chi connectivity index (χ2n) is 6.75. The van der Waals surface area contributed by atoms with Crippen molar-refractivity contribution >= 4 is 28.5 Å². The number of rotatable bonds is 6. The predicted molar refractivity (Wildman–Crippen MR) is 110 cm³/mol. The van der Waals surface area contributed by atoms with Crippen molar-refractivity contribution < 1.29 is 18.7 Å². The molecule has 0 spiro atoms. The SMILES string of the molecule is Cc1cccc(C)c1NC(=O)CNC(=O)[C@H](C)Oc1ccc2ccc(=O)oc2c1. The number of hydrogen-bond acceptors (Lipinski definition) is 5. The molecule has 2 amide bonds. The maximum absolute atomic E-state index is 12.3. The first-order valence-electron chi connectivity index (χ1n) is 9.18. The molecule has 0 unspecified atom stereocenters. The summed E-state index contributed by atoms with van der Waals surface area (Å²) in [6.45, 7) is 5.21. The third kappa shape index (κ3) is 5.01. The molecule has 2 aromatic carbocycles. The van der Waals surface area contributed by atoms with Crippen LogP contribution in [0, 0.1) is 13.8 Å². The number of fused-ring (bicyclic) bond motifs is 1. The van der Waals surface area contributed by atoms with Crippen LogP contribution in [0.25, 0.3) is 11.0 Å². The summed E-state index contributed by atoms with van der Waals surface area (Å²) in [5, 5.41) is 6.12. The van der Waals surface area contributed by atoms with Crippen molar-refractivity contribution in [1.29, 1.82) is 0 Å². The lowest BCUT2D eigenvalue weighted by Crippen LogP contribution is -2.40. The molecule has 7 nitrogen and oxygen atoms in total. The molecule has 0 aliphatic heterocycles. The number of amides is 2. The van der Waals surface area contributed by atoms with E-state index in [1.807, 2.05) is 32.0 Å². The van der Waals surface area contributed by atoms with E-state index in [-0.39, 0.29) is 12.5 Å². The van der Waals surface area contributed by atoms with Crippen LogP contribution in [-0.4, -0.2) is 24.5 Å². The average Bonchev–Trinajstić information content (AvgIpc) is 2.68. The van der Waals surface area contributed by atoms with Gasteiger partial charge < -0.3 is 19.8 Å². The summed E-state index contributed by atoms with van der Waals surface area (Å²) in [5.41, 5.74) is 2.55. The summed E-state index contributed by atoms with van der Waals surface area (Å²) in [7, 11) is 0. The van der Waals surface area contributed by atoms with Crippen molar-refractivity contribution in [2.24, 2.45) is 0 Å². The number of nitrogens with one attached hydrogen (secondary N) is 2. The minimum Gasteiger partial charge on any atom is -0.481 e. The van der Waals surface area contributed by atoms with Crippen molar-refractivity contribution in [1.82, 2.24) is 5.32 Å². The van der Waals surface area contributed by atoms with E-state index in [1.165, 1.54) is 6.07 Å². The zero-order chi connectivity index (χ0) is 21.0. The highest BCUT2D eigenvalue weighted by atomic mass is 16.5. The van der Waals surface area contributed by atoms with E-state index >= 15 is 0 Å². The minimum absolute atomic E-state index is 0.174. The van der Waals surface area contributed by atoms with Gasteiger partial charge in [-0.2, -0.15) is 0 Å². The highest BCUT2D eigenvalue weighted by molar-refractivity contribution is 5.96. The molecule has 3 aromatic rings. The third-order valence-electron chi connectivity index (χ3n) is 4.45. The number of benzene rings is 2. The zero-order valence-electron chi connectivity index (χ0n) is 16.4. The number of aryl methyl sites for hydroxylation is 2. The van der Waals surface area contributed by atoms with Crippen molar-refractivity contribution in [3.05, 3.63) is 70.1 Å². The lowest BCUT2D eigenvalue weighted by Gasteiger charge is -2.15. The number of anilines is 1. The van der Waals surface area contributed by atoms with E-state index in [0.29, 0.717) is 11.3 Å². The first kappa shape index (κ1) is 20.1. The lowest BCUT2D eigenvalue weighted by molar-refractivity contribution is -0.129. The van der Waals surface area contributed by atoms with Gasteiger partial charge in [-0.1, -0.05) is 18.2 Å². The van der Waals surface area contributed by atoms with E-state index in [2.05, 4.69) is 10.6 Å². The van der Waals surface area contributed by atoms with Gasteiger partial charge in [0.2, 0.25) is 5.91 Å². The van der Waals surface area contributed by atoms with Gasteiger partial charge in [0.1, 0.15) is 11.3 Å². The standard InChI is InChI=1S/C22H22N2O5/c1-13-5-4-6-14(2)21(13)24-19(25)12-23-22(27)15(3)28-17-9-7-16-8-10-20(26)29-18(16)11-17/h4-11,15H,12H2,1-3H3,(H,23,27)(H,24,25)/t15-/m0/s1. The Bertz CT molecular complexity index is 1100. The smallest absolute Gasteiger partial charge is 0.336 e. The van der Waals surface area contributed by atoms with Crippen LogP contribution in [0.5, 0.6) is 5.75 Å². The molecule has 150 valence electrons. The molecule has 3 rings (SSSR count). The fourth-order valence-electron chi connectivity index (χ4n) is 2.88. The van der Waals surface area contributed by atoms with Gasteiger partial charge in [-0.05, 0) is 50.1 Å². The van der Waals surface area contributed by atoms with Gasteiger partial charge >= 0.3 is 5.63 Å². The zero-order valence-corrected chi connectivity index (χ0v) is 16.4. The monoisotopic (exact) mass is 394 g/mol. The van der Waals surface area contributed by atoms with E-state index < -0.39 is 17.6 Å². The molecular weight excluding hydrogens is 372 g/mol. The molecule has 0 bridgehead atoms. The molecule has 29 heavy (non-hydrogen) atoms. The number of carbonyl (C=O) groups is 2. The van der Waals surface area contributed by atoms with Crippen LogP contribution in [0.4, 0.5) is 5.69 Å². The number of ether oxygens (including phenoxy) is 1. The Kier molecular flexibility index (Phi) is 5.97. The Morgan fingerprint density at radius 2 is 1.76 bits per heavy atom. The summed E-state index contributed by atoms with van der Waals surface area (Å²) < 4.78 is 10.7. The summed E-state index contributed by atoms with van der Waals surface area (Å²) in [6, 6.07) is 13.7. The number of hydrogen-bond donors (Lipinski definition) is 2. The maximum atomic E-state index is 12.3. The maximum Gasteiger partial charge on any atom is 0.336 e. The fourth-order valence-corrected chi connectivity index (χ4v) is 2.88. The Balaban J connectivity index is 1.56. The van der Waals surface area contributed by atoms with Crippen LogP contribution >= 0.6 is 0 Å². The molecule has 2 N–H and O–H groups in total. The van der Waals surface area contributed by atoms with Crippen LogP contribution < -0.4 is 21.0 Å². The molecule has 0 aliphatic carbocycles. The fraction of sp³-hybridized carbons (Fsp3) is 0.227. The number of para-hydroxylation sites is 1. The minimum atomic E-state index is -0.837. The molecule has 0 fully saturated rings. The summed E-state index contributed by atoms with van der Waals surface area (Å²) in [5.74, 6) is -0.374. The first-order chi connectivity index (χ1) is 13.8. The topological polar surface area (TPSA) is 97.6 Å². The molecule has 7 heteroatoms. The molecule has 0 saturated heterocycles. The lowest BCUT2D eigenvalue weighted by atomic mass is 10.1. The second kappa shape index (κ2) is 8.60. The highest BCUT2D eigenvalue weighted by Gasteiger charge is 2.16. The van der Waals surface area contributed by atoms with Crippen LogP contribution in [0.2, 0.25) is 0 Å². The van der Waals surface area contributed by atoms with Crippen LogP contribution in [0.3, 0.4) is 0 Å². The van der Waals surface area contributed by atoms with E-state index in [0.717, 1.165) is 22.2 Å². The summed E-state index contributed by atoms with van der Waals surface area (Å²) in [6.07, 6.45) is -0.837. The second-order valence-corrected chi connectivity index (χ2v) is 6.75. The van der Waals surface area contributed by atoms with Gasteiger partial charge in [0, 0.05) is 23.2 Å². The van der Waals surface area contributed by atoms with Crippen LogP contribution in [0.15, 0.2) is 57.7 Å². The molecule has 1 heterocycles. The average molecular weight is 394 g/mol. The molecule has 1 aromatic heterocycles. The Morgan fingerprint density at radius 1 is 1.07 bits per heavy atom. The highest BCUT2D eigenvalue weighted by Crippen LogP contribution is 2.21. The molecule has 1 atom stereocenters. The first-order valence-corrected chi connectivity index (χ1v) is 9.18. The van der Waals surface area contributed by atoms with Gasteiger partial charge in [0.15, 0.2) is 6.10 Å². The molecule has 0 aliphatic rings. The quantitative estimate of drug-likeness (QED) is 0.627. The largest absolute Gasteiger partial charge is 0.481 e. The van der Waals surface area contributed by atoms with Crippen LogP contribution in [0.1, 0.15) is 18.1 Å². The third-order valence-corrected chi connectivity index (χ3v) is 4.45. The van der Waals surface area contributed by atoms with Gasteiger partial charge in [-0.3, -0.25) is 9.59 Å².